The van der Waals surface area contributed by atoms with Crippen LogP contribution in [0.25, 0.3) is 0 Å². The van der Waals surface area contributed by atoms with Gasteiger partial charge < -0.3 is 10.1 Å². The fourth-order valence-corrected chi connectivity index (χ4v) is 2.39. The first-order chi connectivity index (χ1) is 8.66. The lowest BCUT2D eigenvalue weighted by Gasteiger charge is -2.28. The van der Waals surface area contributed by atoms with E-state index in [1.807, 2.05) is 37.3 Å². The molecular formula is C14H18ClNO2. The molecule has 1 heterocycles. The average Bonchev–Trinajstić information content (AvgIpc) is 2.39. The van der Waals surface area contributed by atoms with Crippen LogP contribution in [0.1, 0.15) is 30.7 Å². The van der Waals surface area contributed by atoms with Gasteiger partial charge >= 0.3 is 0 Å². The summed E-state index contributed by atoms with van der Waals surface area (Å²) in [5, 5.41) is 2.38. The highest BCUT2D eigenvalue weighted by Gasteiger charge is 2.24. The molecule has 18 heavy (non-hydrogen) atoms. The largest absolute Gasteiger partial charge is 0.378 e. The lowest BCUT2D eigenvalue weighted by atomic mass is 10.0. The van der Waals surface area contributed by atoms with Gasteiger partial charge in [-0.3, -0.25) is 4.79 Å². The molecule has 0 bridgehead atoms. The molecular weight excluding hydrogens is 250 g/mol. The number of benzene rings is 1. The summed E-state index contributed by atoms with van der Waals surface area (Å²) in [4.78, 5) is 12.0. The molecule has 1 saturated heterocycles. The number of carbonyl (C=O) groups is 1. The van der Waals surface area contributed by atoms with Gasteiger partial charge in [-0.2, -0.15) is 0 Å². The number of carbonyl (C=O) groups excluding carboxylic acids is 1. The Morgan fingerprint density at radius 2 is 2.17 bits per heavy atom. The van der Waals surface area contributed by atoms with Crippen molar-refractivity contribution in [1.29, 1.82) is 0 Å². The molecule has 1 fully saturated rings. The number of rotatable bonds is 3. The van der Waals surface area contributed by atoms with Crippen LogP contribution in [0.4, 0.5) is 0 Å². The minimum Gasteiger partial charge on any atom is -0.378 e. The van der Waals surface area contributed by atoms with Gasteiger partial charge in [-0.1, -0.05) is 30.3 Å². The smallest absolute Gasteiger partial charge is 0.242 e. The number of ether oxygens (including phenoxy) is 1. The lowest BCUT2D eigenvalue weighted by Crippen LogP contribution is -2.42. The Morgan fingerprint density at radius 3 is 2.83 bits per heavy atom. The van der Waals surface area contributed by atoms with Gasteiger partial charge in [0.1, 0.15) is 5.38 Å². The van der Waals surface area contributed by atoms with Crippen LogP contribution in [0, 0.1) is 0 Å². The Bertz CT molecular complexity index is 396. The Hall–Kier alpha value is -1.06. The molecule has 1 aliphatic heterocycles. The molecule has 3 nitrogen and oxygen atoms in total. The molecule has 1 aromatic carbocycles. The summed E-state index contributed by atoms with van der Waals surface area (Å²) in [6.45, 7) is 2.72. The molecule has 0 spiro atoms. The molecule has 0 aromatic heterocycles. The lowest BCUT2D eigenvalue weighted by molar-refractivity contribution is -0.122. The Kier molecular flexibility index (Phi) is 4.61. The number of halogens is 1. The fourth-order valence-electron chi connectivity index (χ4n) is 2.18. The molecule has 1 N–H and O–H groups in total. The quantitative estimate of drug-likeness (QED) is 0.855. The van der Waals surface area contributed by atoms with E-state index in [1.165, 1.54) is 0 Å². The van der Waals surface area contributed by atoms with Crippen LogP contribution in [0.5, 0.6) is 0 Å². The minimum atomic E-state index is -0.621. The number of hydrogen-bond donors (Lipinski definition) is 1. The van der Waals surface area contributed by atoms with Crippen molar-refractivity contribution in [3.05, 3.63) is 35.9 Å². The van der Waals surface area contributed by atoms with Crippen molar-refractivity contribution >= 4 is 17.5 Å². The SMILES string of the molecule is CC1CC(NC(=O)C(Cl)c2ccccc2)CCO1. The summed E-state index contributed by atoms with van der Waals surface area (Å²) in [7, 11) is 0. The van der Waals surface area contributed by atoms with Crippen LogP contribution in [-0.4, -0.2) is 24.7 Å². The maximum atomic E-state index is 12.0. The first-order valence-corrected chi connectivity index (χ1v) is 6.71. The highest BCUT2D eigenvalue weighted by Crippen LogP contribution is 2.21. The second-order valence-electron chi connectivity index (χ2n) is 4.68. The zero-order valence-electron chi connectivity index (χ0n) is 10.4. The predicted octanol–water partition coefficient (Wildman–Crippen LogP) is 2.65. The van der Waals surface area contributed by atoms with E-state index in [0.29, 0.717) is 6.61 Å². The molecule has 1 amide bonds. The van der Waals surface area contributed by atoms with Gasteiger partial charge in [0.25, 0.3) is 0 Å². The van der Waals surface area contributed by atoms with Crippen molar-refractivity contribution in [2.45, 2.75) is 37.3 Å². The van der Waals surface area contributed by atoms with Gasteiger partial charge in [-0.05, 0) is 25.3 Å². The van der Waals surface area contributed by atoms with Crippen LogP contribution in [0.15, 0.2) is 30.3 Å². The standard InChI is InChI=1S/C14H18ClNO2/c1-10-9-12(7-8-18-10)16-14(17)13(15)11-5-3-2-4-6-11/h2-6,10,12-13H,7-9H2,1H3,(H,16,17). The number of alkyl halides is 1. The van der Waals surface area contributed by atoms with Gasteiger partial charge in [-0.15, -0.1) is 11.6 Å². The minimum absolute atomic E-state index is 0.123. The third-order valence-electron chi connectivity index (χ3n) is 3.15. The van der Waals surface area contributed by atoms with E-state index in [9.17, 15) is 4.79 Å². The molecule has 0 saturated carbocycles. The van der Waals surface area contributed by atoms with Gasteiger partial charge in [0.2, 0.25) is 5.91 Å². The molecule has 4 heteroatoms. The van der Waals surface area contributed by atoms with E-state index in [1.54, 1.807) is 0 Å². The van der Waals surface area contributed by atoms with Crippen molar-refractivity contribution in [3.63, 3.8) is 0 Å². The molecule has 1 aliphatic rings. The topological polar surface area (TPSA) is 38.3 Å². The first kappa shape index (κ1) is 13.4. The second-order valence-corrected chi connectivity index (χ2v) is 5.12. The zero-order valence-corrected chi connectivity index (χ0v) is 11.2. The van der Waals surface area contributed by atoms with Gasteiger partial charge in [-0.25, -0.2) is 0 Å². The van der Waals surface area contributed by atoms with Crippen molar-refractivity contribution in [2.24, 2.45) is 0 Å². The number of hydrogen-bond acceptors (Lipinski definition) is 2. The normalized spacial score (nSPS) is 25.4. The second kappa shape index (κ2) is 6.21. The van der Waals surface area contributed by atoms with Gasteiger partial charge in [0.15, 0.2) is 0 Å². The summed E-state index contributed by atoms with van der Waals surface area (Å²) < 4.78 is 5.45. The maximum absolute atomic E-state index is 12.0. The highest BCUT2D eigenvalue weighted by atomic mass is 35.5. The van der Waals surface area contributed by atoms with E-state index in [0.717, 1.165) is 18.4 Å². The summed E-state index contributed by atoms with van der Waals surface area (Å²) in [5.74, 6) is -0.123. The summed E-state index contributed by atoms with van der Waals surface area (Å²) >= 11 is 6.17. The summed E-state index contributed by atoms with van der Waals surface area (Å²) in [6, 6.07) is 9.58. The van der Waals surface area contributed by atoms with Crippen molar-refractivity contribution in [1.82, 2.24) is 5.32 Å². The van der Waals surface area contributed by atoms with Crippen molar-refractivity contribution in [2.75, 3.05) is 6.61 Å². The van der Waals surface area contributed by atoms with Crippen molar-refractivity contribution in [3.8, 4) is 0 Å². The molecule has 1 aromatic rings. The highest BCUT2D eigenvalue weighted by molar-refractivity contribution is 6.30. The number of nitrogens with one attached hydrogen (secondary N) is 1. The van der Waals surface area contributed by atoms with Crippen LogP contribution < -0.4 is 5.32 Å². The third-order valence-corrected chi connectivity index (χ3v) is 3.60. The van der Waals surface area contributed by atoms with Crippen LogP contribution in [0.2, 0.25) is 0 Å². The third kappa shape index (κ3) is 3.47. The van der Waals surface area contributed by atoms with Gasteiger partial charge in [0.05, 0.1) is 6.10 Å². The monoisotopic (exact) mass is 267 g/mol. The van der Waals surface area contributed by atoms with E-state index < -0.39 is 5.38 Å². The van der Waals surface area contributed by atoms with Crippen LogP contribution in [-0.2, 0) is 9.53 Å². The molecule has 3 atom stereocenters. The predicted molar refractivity (Wildman–Crippen MR) is 71.6 cm³/mol. The Balaban J connectivity index is 1.91. The summed E-state index contributed by atoms with van der Waals surface area (Å²) in [6.07, 6.45) is 1.91. The van der Waals surface area contributed by atoms with E-state index in [-0.39, 0.29) is 18.1 Å². The molecule has 98 valence electrons. The van der Waals surface area contributed by atoms with Crippen LogP contribution >= 0.6 is 11.6 Å². The fraction of sp³-hybridized carbons (Fsp3) is 0.500. The Labute approximate surface area is 112 Å². The van der Waals surface area contributed by atoms with E-state index >= 15 is 0 Å². The van der Waals surface area contributed by atoms with Crippen molar-refractivity contribution < 1.29 is 9.53 Å². The first-order valence-electron chi connectivity index (χ1n) is 6.28. The molecule has 3 unspecified atom stereocenters. The maximum Gasteiger partial charge on any atom is 0.242 e. The summed E-state index contributed by atoms with van der Waals surface area (Å²) in [5.41, 5.74) is 0.830. The van der Waals surface area contributed by atoms with E-state index in [4.69, 9.17) is 16.3 Å². The molecule has 0 aliphatic carbocycles. The number of amides is 1. The average molecular weight is 268 g/mol. The van der Waals surface area contributed by atoms with Gasteiger partial charge in [0, 0.05) is 12.6 Å². The van der Waals surface area contributed by atoms with E-state index in [2.05, 4.69) is 5.32 Å². The molecule has 2 rings (SSSR count). The molecule has 0 radical (unpaired) electrons. The zero-order chi connectivity index (χ0) is 13.0. The van der Waals surface area contributed by atoms with Crippen LogP contribution in [0.3, 0.4) is 0 Å². The Morgan fingerprint density at radius 1 is 1.44 bits per heavy atom.